The van der Waals surface area contributed by atoms with E-state index in [2.05, 4.69) is 0 Å². The lowest BCUT2D eigenvalue weighted by atomic mass is 10.1. The molecule has 2 heterocycles. The summed E-state index contributed by atoms with van der Waals surface area (Å²) in [4.78, 5) is 27.8. The van der Waals surface area contributed by atoms with Crippen molar-refractivity contribution in [2.75, 3.05) is 4.90 Å². The molecule has 1 aliphatic heterocycles. The number of thiophene rings is 1. The van der Waals surface area contributed by atoms with Crippen molar-refractivity contribution < 1.29 is 14.0 Å². The first-order valence-corrected chi connectivity index (χ1v) is 8.93. The number of para-hydroxylation sites is 1. The number of nitrogens with two attached hydrogens (primary N) is 1. The van der Waals surface area contributed by atoms with Gasteiger partial charge in [0.1, 0.15) is 11.9 Å². The first-order valence-electron chi connectivity index (χ1n) is 8.11. The maximum Gasteiger partial charge on any atom is 0.269 e. The van der Waals surface area contributed by atoms with Crippen molar-refractivity contribution in [1.29, 1.82) is 0 Å². The number of halogens is 1. The smallest absolute Gasteiger partial charge is 0.269 e. The van der Waals surface area contributed by atoms with Crippen LogP contribution >= 0.6 is 11.3 Å². The van der Waals surface area contributed by atoms with E-state index in [-0.39, 0.29) is 11.7 Å². The van der Waals surface area contributed by atoms with Gasteiger partial charge in [0.05, 0.1) is 4.88 Å². The summed E-state index contributed by atoms with van der Waals surface area (Å²) in [6, 6.07) is 16.4. The Hall–Kier alpha value is -2.99. The minimum Gasteiger partial charge on any atom is -0.368 e. The first-order chi connectivity index (χ1) is 12.5. The van der Waals surface area contributed by atoms with Gasteiger partial charge in [0.15, 0.2) is 0 Å². The van der Waals surface area contributed by atoms with E-state index in [9.17, 15) is 14.0 Å². The average molecular weight is 366 g/mol. The van der Waals surface area contributed by atoms with E-state index < -0.39 is 11.9 Å². The van der Waals surface area contributed by atoms with Crippen molar-refractivity contribution in [3.05, 3.63) is 76.9 Å². The van der Waals surface area contributed by atoms with E-state index in [4.69, 9.17) is 5.73 Å². The molecule has 0 radical (unpaired) electrons. The Bertz CT molecular complexity index is 997. The monoisotopic (exact) mass is 366 g/mol. The van der Waals surface area contributed by atoms with Gasteiger partial charge >= 0.3 is 0 Å². The Kier molecular flexibility index (Phi) is 4.05. The topological polar surface area (TPSA) is 63.4 Å². The van der Waals surface area contributed by atoms with Gasteiger partial charge < -0.3 is 5.73 Å². The predicted molar refractivity (Wildman–Crippen MR) is 99.7 cm³/mol. The summed E-state index contributed by atoms with van der Waals surface area (Å²) in [5, 5.41) is 0. The molecule has 0 bridgehead atoms. The second kappa shape index (κ2) is 6.38. The molecule has 26 heavy (non-hydrogen) atoms. The van der Waals surface area contributed by atoms with Gasteiger partial charge in [-0.1, -0.05) is 30.3 Å². The number of hydrogen-bond acceptors (Lipinski definition) is 3. The molecule has 0 aliphatic carbocycles. The molecule has 0 saturated carbocycles. The maximum atomic E-state index is 13.1. The largest absolute Gasteiger partial charge is 0.368 e. The van der Waals surface area contributed by atoms with Crippen LogP contribution in [0.4, 0.5) is 10.1 Å². The van der Waals surface area contributed by atoms with Gasteiger partial charge in [0.25, 0.3) is 5.91 Å². The fourth-order valence-corrected chi connectivity index (χ4v) is 4.15. The van der Waals surface area contributed by atoms with E-state index in [1.54, 1.807) is 18.2 Å². The predicted octanol–water partition coefficient (Wildman–Crippen LogP) is 3.61. The highest BCUT2D eigenvalue weighted by atomic mass is 32.1. The SMILES string of the molecule is NC(=O)[C@@H]1Cc2ccccc2N1C(=O)c1ccc(-c2ccc(F)cc2)s1. The van der Waals surface area contributed by atoms with Gasteiger partial charge in [-0.05, 0) is 41.5 Å². The summed E-state index contributed by atoms with van der Waals surface area (Å²) >= 11 is 1.31. The van der Waals surface area contributed by atoms with Gasteiger partial charge in [-0.25, -0.2) is 4.39 Å². The highest BCUT2D eigenvalue weighted by molar-refractivity contribution is 7.17. The molecule has 0 unspecified atom stereocenters. The third-order valence-electron chi connectivity index (χ3n) is 4.47. The Labute approximate surface area is 153 Å². The third kappa shape index (κ3) is 2.78. The second-order valence-electron chi connectivity index (χ2n) is 6.10. The Morgan fingerprint density at radius 3 is 2.50 bits per heavy atom. The Balaban J connectivity index is 1.69. The molecular formula is C20H15FN2O2S. The van der Waals surface area contributed by atoms with Crippen molar-refractivity contribution in [2.45, 2.75) is 12.5 Å². The summed E-state index contributed by atoms with van der Waals surface area (Å²) in [5.74, 6) is -1.08. The number of carbonyl (C=O) groups excluding carboxylic acids is 2. The first kappa shape index (κ1) is 16.5. The summed E-state index contributed by atoms with van der Waals surface area (Å²) < 4.78 is 13.1. The molecule has 2 N–H and O–H groups in total. The molecule has 6 heteroatoms. The lowest BCUT2D eigenvalue weighted by Crippen LogP contribution is -2.45. The zero-order valence-corrected chi connectivity index (χ0v) is 14.5. The van der Waals surface area contributed by atoms with Gasteiger partial charge in [-0.2, -0.15) is 0 Å². The van der Waals surface area contributed by atoms with E-state index in [0.717, 1.165) is 21.7 Å². The molecule has 1 aliphatic rings. The number of hydrogen-bond donors (Lipinski definition) is 1. The molecule has 2 amide bonds. The van der Waals surface area contributed by atoms with Crippen LogP contribution < -0.4 is 10.6 Å². The minimum absolute atomic E-state index is 0.253. The van der Waals surface area contributed by atoms with Gasteiger partial charge in [-0.15, -0.1) is 11.3 Å². The average Bonchev–Trinajstić information content (AvgIpc) is 3.27. The molecule has 1 aromatic heterocycles. The molecule has 2 aromatic carbocycles. The number of fused-ring (bicyclic) bond motifs is 1. The van der Waals surface area contributed by atoms with Gasteiger partial charge in [0, 0.05) is 17.0 Å². The minimum atomic E-state index is -0.684. The summed E-state index contributed by atoms with van der Waals surface area (Å²) in [6.07, 6.45) is 0.424. The van der Waals surface area contributed by atoms with Crippen LogP contribution in [0.2, 0.25) is 0 Å². The summed E-state index contributed by atoms with van der Waals surface area (Å²) in [7, 11) is 0. The number of nitrogens with zero attached hydrogens (tertiary/aromatic N) is 1. The van der Waals surface area contributed by atoms with Crippen molar-refractivity contribution in [1.82, 2.24) is 0 Å². The van der Waals surface area contributed by atoms with Crippen LogP contribution in [-0.4, -0.2) is 17.9 Å². The maximum absolute atomic E-state index is 13.1. The number of carbonyl (C=O) groups is 2. The van der Waals surface area contributed by atoms with Crippen LogP contribution in [-0.2, 0) is 11.2 Å². The number of amides is 2. The van der Waals surface area contributed by atoms with Crippen LogP contribution in [0.5, 0.6) is 0 Å². The number of rotatable bonds is 3. The molecule has 0 spiro atoms. The molecular weight excluding hydrogens is 351 g/mol. The molecule has 4 nitrogen and oxygen atoms in total. The summed E-state index contributed by atoms with van der Waals surface area (Å²) in [5.41, 5.74) is 8.02. The Morgan fingerprint density at radius 2 is 1.77 bits per heavy atom. The van der Waals surface area contributed by atoms with Crippen LogP contribution in [0, 0.1) is 5.82 Å². The highest BCUT2D eigenvalue weighted by Crippen LogP contribution is 2.35. The molecule has 3 aromatic rings. The fraction of sp³-hybridized carbons (Fsp3) is 0.100. The number of anilines is 1. The van der Waals surface area contributed by atoms with Crippen LogP contribution in [0.25, 0.3) is 10.4 Å². The van der Waals surface area contributed by atoms with Gasteiger partial charge in [0.2, 0.25) is 5.91 Å². The lowest BCUT2D eigenvalue weighted by Gasteiger charge is -2.22. The lowest BCUT2D eigenvalue weighted by molar-refractivity contribution is -0.119. The van der Waals surface area contributed by atoms with Crippen molar-refractivity contribution in [3.63, 3.8) is 0 Å². The normalized spacial score (nSPS) is 15.7. The quantitative estimate of drug-likeness (QED) is 0.770. The van der Waals surface area contributed by atoms with Crippen LogP contribution in [0.15, 0.2) is 60.7 Å². The molecule has 1 atom stereocenters. The molecule has 0 fully saturated rings. The van der Waals surface area contributed by atoms with E-state index in [1.165, 1.54) is 28.4 Å². The zero-order valence-electron chi connectivity index (χ0n) is 13.7. The van der Waals surface area contributed by atoms with Crippen molar-refractivity contribution in [3.8, 4) is 10.4 Å². The third-order valence-corrected chi connectivity index (χ3v) is 5.59. The molecule has 130 valence electrons. The van der Waals surface area contributed by atoms with Crippen molar-refractivity contribution in [2.24, 2.45) is 5.73 Å². The number of primary amides is 1. The van der Waals surface area contributed by atoms with Crippen LogP contribution in [0.3, 0.4) is 0 Å². The fourth-order valence-electron chi connectivity index (χ4n) is 3.21. The van der Waals surface area contributed by atoms with E-state index >= 15 is 0 Å². The molecule has 4 rings (SSSR count). The van der Waals surface area contributed by atoms with Crippen molar-refractivity contribution >= 4 is 28.8 Å². The Morgan fingerprint density at radius 1 is 1.04 bits per heavy atom. The van der Waals surface area contributed by atoms with E-state index in [1.807, 2.05) is 30.3 Å². The molecule has 0 saturated heterocycles. The van der Waals surface area contributed by atoms with Crippen LogP contribution in [0.1, 0.15) is 15.2 Å². The zero-order chi connectivity index (χ0) is 18.3. The highest BCUT2D eigenvalue weighted by Gasteiger charge is 2.37. The standard InChI is InChI=1S/C20H15FN2O2S/c21-14-7-5-12(6-8-14)17-9-10-18(26-17)20(25)23-15-4-2-1-3-13(15)11-16(23)19(22)24/h1-10,16H,11H2,(H2,22,24)/t16-/m0/s1. The summed E-state index contributed by atoms with van der Waals surface area (Å²) in [6.45, 7) is 0. The van der Waals surface area contributed by atoms with Gasteiger partial charge in [-0.3, -0.25) is 14.5 Å². The number of benzene rings is 2. The second-order valence-corrected chi connectivity index (χ2v) is 7.18. The van der Waals surface area contributed by atoms with E-state index in [0.29, 0.717) is 11.3 Å².